The molecule has 0 amide bonds. The van der Waals surface area contributed by atoms with Crippen molar-refractivity contribution in [2.75, 3.05) is 19.8 Å². The van der Waals surface area contributed by atoms with Crippen LogP contribution in [0.15, 0.2) is 0 Å². The van der Waals surface area contributed by atoms with E-state index in [1.54, 1.807) is 0 Å². The molecule has 1 radical (unpaired) electrons. The Balaban J connectivity index is 1.82. The van der Waals surface area contributed by atoms with Crippen molar-refractivity contribution in [3.8, 4) is 0 Å². The van der Waals surface area contributed by atoms with Crippen molar-refractivity contribution in [2.24, 2.45) is 0 Å². The summed E-state index contributed by atoms with van der Waals surface area (Å²) in [5.41, 5.74) is 0. The van der Waals surface area contributed by atoms with Crippen molar-refractivity contribution in [2.45, 2.75) is 18.9 Å². The first-order valence-corrected chi connectivity index (χ1v) is 3.63. The van der Waals surface area contributed by atoms with Crippen molar-refractivity contribution in [3.63, 3.8) is 0 Å². The SMILES string of the molecule is [CH]1CCCN1C1COC1. The number of hydrogen-bond donors (Lipinski definition) is 0. The van der Waals surface area contributed by atoms with Crippen LogP contribution in [0.25, 0.3) is 0 Å². The Hall–Kier alpha value is -0.0800. The predicted octanol–water partition coefficient (Wildman–Crippen LogP) is 0.643. The van der Waals surface area contributed by atoms with Crippen LogP contribution in [0.4, 0.5) is 0 Å². The van der Waals surface area contributed by atoms with Crippen molar-refractivity contribution in [3.05, 3.63) is 6.54 Å². The molecule has 2 heterocycles. The molecule has 2 aliphatic rings. The van der Waals surface area contributed by atoms with Crippen molar-refractivity contribution < 1.29 is 4.74 Å². The predicted molar refractivity (Wildman–Crippen MR) is 34.8 cm³/mol. The molecule has 2 saturated heterocycles. The van der Waals surface area contributed by atoms with Crippen LogP contribution in [0.1, 0.15) is 12.8 Å². The first-order chi connectivity index (χ1) is 4.47. The lowest BCUT2D eigenvalue weighted by Gasteiger charge is -2.33. The Morgan fingerprint density at radius 2 is 2.33 bits per heavy atom. The molecule has 0 aromatic carbocycles. The molecule has 9 heavy (non-hydrogen) atoms. The molecular formula is C7H12NO. The first kappa shape index (κ1) is 5.69. The van der Waals surface area contributed by atoms with E-state index in [-0.39, 0.29) is 0 Å². The monoisotopic (exact) mass is 126 g/mol. The minimum absolute atomic E-state index is 0.729. The highest BCUT2D eigenvalue weighted by Crippen LogP contribution is 2.19. The Morgan fingerprint density at radius 1 is 1.44 bits per heavy atom. The molecule has 2 heteroatoms. The Morgan fingerprint density at radius 3 is 2.78 bits per heavy atom. The number of hydrogen-bond acceptors (Lipinski definition) is 2. The van der Waals surface area contributed by atoms with E-state index in [2.05, 4.69) is 11.4 Å². The third-order valence-electron chi connectivity index (χ3n) is 2.07. The maximum Gasteiger partial charge on any atom is 0.0645 e. The molecule has 0 aromatic rings. The third kappa shape index (κ3) is 0.970. The molecule has 2 aliphatic heterocycles. The summed E-state index contributed by atoms with van der Waals surface area (Å²) in [5.74, 6) is 0. The molecule has 0 atom stereocenters. The zero-order valence-electron chi connectivity index (χ0n) is 5.55. The van der Waals surface area contributed by atoms with Crippen molar-refractivity contribution >= 4 is 0 Å². The maximum absolute atomic E-state index is 5.09. The van der Waals surface area contributed by atoms with Gasteiger partial charge in [-0.2, -0.15) is 0 Å². The van der Waals surface area contributed by atoms with Crippen LogP contribution in [0.3, 0.4) is 0 Å². The summed E-state index contributed by atoms with van der Waals surface area (Å²) in [6, 6.07) is 0.729. The Kier molecular flexibility index (Phi) is 1.44. The fourth-order valence-electron chi connectivity index (χ4n) is 1.37. The smallest absolute Gasteiger partial charge is 0.0645 e. The lowest BCUT2D eigenvalue weighted by molar-refractivity contribution is -0.0494. The maximum atomic E-state index is 5.09. The summed E-state index contributed by atoms with van der Waals surface area (Å²) in [7, 11) is 0. The van der Waals surface area contributed by atoms with E-state index in [4.69, 9.17) is 4.74 Å². The second-order valence-electron chi connectivity index (χ2n) is 2.75. The van der Waals surface area contributed by atoms with Gasteiger partial charge in [-0.15, -0.1) is 0 Å². The minimum atomic E-state index is 0.729. The lowest BCUT2D eigenvalue weighted by Crippen LogP contribution is -2.46. The van der Waals surface area contributed by atoms with Crippen molar-refractivity contribution in [1.82, 2.24) is 4.90 Å². The van der Waals surface area contributed by atoms with Gasteiger partial charge >= 0.3 is 0 Å². The second kappa shape index (κ2) is 2.27. The number of nitrogens with zero attached hydrogens (tertiary/aromatic N) is 1. The highest BCUT2D eigenvalue weighted by Gasteiger charge is 2.27. The van der Waals surface area contributed by atoms with Gasteiger partial charge in [0.25, 0.3) is 0 Å². The van der Waals surface area contributed by atoms with E-state index >= 15 is 0 Å². The van der Waals surface area contributed by atoms with Crippen LogP contribution < -0.4 is 0 Å². The zero-order chi connectivity index (χ0) is 6.10. The quantitative estimate of drug-likeness (QED) is 0.511. The van der Waals surface area contributed by atoms with Crippen LogP contribution in [0.2, 0.25) is 0 Å². The van der Waals surface area contributed by atoms with Crippen LogP contribution in [-0.4, -0.2) is 30.7 Å². The van der Waals surface area contributed by atoms with Crippen LogP contribution >= 0.6 is 0 Å². The number of ether oxygens (including phenoxy) is 1. The standard InChI is InChI=1S/C7H12NO/c1-2-4-8(3-1)7-5-9-6-7/h3,7H,1-2,4-6H2. The largest absolute Gasteiger partial charge is 0.378 e. The Labute approximate surface area is 55.8 Å². The van der Waals surface area contributed by atoms with Gasteiger partial charge in [0.2, 0.25) is 0 Å². The molecule has 0 aliphatic carbocycles. The van der Waals surface area contributed by atoms with Gasteiger partial charge in [-0.25, -0.2) is 0 Å². The van der Waals surface area contributed by atoms with Crippen LogP contribution in [0.5, 0.6) is 0 Å². The molecule has 0 unspecified atom stereocenters. The van der Waals surface area contributed by atoms with E-state index in [1.165, 1.54) is 19.4 Å². The molecule has 0 saturated carbocycles. The average Bonchev–Trinajstić information content (AvgIpc) is 2.11. The first-order valence-electron chi connectivity index (χ1n) is 3.63. The van der Waals surface area contributed by atoms with Gasteiger partial charge in [-0.05, 0) is 19.4 Å². The van der Waals surface area contributed by atoms with Gasteiger partial charge < -0.3 is 4.74 Å². The normalized spacial score (nSPS) is 30.7. The summed E-state index contributed by atoms with van der Waals surface area (Å²) in [6.45, 7) is 5.48. The van der Waals surface area contributed by atoms with Gasteiger partial charge in [0.05, 0.1) is 19.3 Å². The molecule has 0 bridgehead atoms. The molecule has 0 spiro atoms. The highest BCUT2D eigenvalue weighted by molar-refractivity contribution is 4.86. The van der Waals surface area contributed by atoms with Crippen molar-refractivity contribution in [1.29, 1.82) is 0 Å². The summed E-state index contributed by atoms with van der Waals surface area (Å²) in [6.07, 6.45) is 2.62. The molecule has 51 valence electrons. The summed E-state index contributed by atoms with van der Waals surface area (Å²) < 4.78 is 5.09. The van der Waals surface area contributed by atoms with E-state index in [1.807, 2.05) is 0 Å². The summed E-state index contributed by atoms with van der Waals surface area (Å²) in [5, 5.41) is 0. The fraction of sp³-hybridized carbons (Fsp3) is 0.857. The molecule has 2 fully saturated rings. The van der Waals surface area contributed by atoms with Crippen LogP contribution in [0, 0.1) is 6.54 Å². The second-order valence-corrected chi connectivity index (χ2v) is 2.75. The van der Waals surface area contributed by atoms with Gasteiger partial charge in [-0.3, -0.25) is 4.90 Å². The van der Waals surface area contributed by atoms with Gasteiger partial charge in [0.15, 0.2) is 0 Å². The lowest BCUT2D eigenvalue weighted by atomic mass is 10.2. The number of rotatable bonds is 1. The van der Waals surface area contributed by atoms with E-state index in [9.17, 15) is 0 Å². The minimum Gasteiger partial charge on any atom is -0.378 e. The Bertz CT molecular complexity index is 95.1. The highest BCUT2D eigenvalue weighted by atomic mass is 16.5. The van der Waals surface area contributed by atoms with Gasteiger partial charge in [0, 0.05) is 6.54 Å². The molecule has 2 rings (SSSR count). The van der Waals surface area contributed by atoms with Gasteiger partial charge in [-0.1, -0.05) is 0 Å². The average molecular weight is 126 g/mol. The van der Waals surface area contributed by atoms with E-state index in [0.29, 0.717) is 0 Å². The molecule has 0 N–H and O–H groups in total. The van der Waals surface area contributed by atoms with E-state index < -0.39 is 0 Å². The fourth-order valence-corrected chi connectivity index (χ4v) is 1.37. The molecular weight excluding hydrogens is 114 g/mol. The summed E-state index contributed by atoms with van der Waals surface area (Å²) in [4.78, 5) is 2.42. The summed E-state index contributed by atoms with van der Waals surface area (Å²) >= 11 is 0. The number of likely N-dealkylation sites (tertiary alicyclic amines) is 1. The molecule has 2 nitrogen and oxygen atoms in total. The van der Waals surface area contributed by atoms with E-state index in [0.717, 1.165) is 19.3 Å². The topological polar surface area (TPSA) is 12.5 Å². The third-order valence-corrected chi connectivity index (χ3v) is 2.07. The van der Waals surface area contributed by atoms with Gasteiger partial charge in [0.1, 0.15) is 0 Å². The zero-order valence-corrected chi connectivity index (χ0v) is 5.55. The van der Waals surface area contributed by atoms with Crippen LogP contribution in [-0.2, 0) is 4.74 Å². The molecule has 0 aromatic heterocycles.